The number of rotatable bonds is 4. The monoisotopic (exact) mass is 367 g/mol. The van der Waals surface area contributed by atoms with Gasteiger partial charge in [0.1, 0.15) is 0 Å². The van der Waals surface area contributed by atoms with Gasteiger partial charge < -0.3 is 5.32 Å². The second kappa shape index (κ2) is 7.35. The fraction of sp³-hybridized carbons (Fsp3) is 0.0588. The first-order valence-corrected chi connectivity index (χ1v) is 7.35. The lowest BCUT2D eigenvalue weighted by Gasteiger charge is -2.10. The van der Waals surface area contributed by atoms with E-state index in [2.05, 4.69) is 21.2 Å². The predicted molar refractivity (Wildman–Crippen MR) is 87.4 cm³/mol. The molecule has 23 heavy (non-hydrogen) atoms. The highest BCUT2D eigenvalue weighted by Gasteiger charge is 2.27. The zero-order chi connectivity index (χ0) is 16.8. The second-order valence-electron chi connectivity index (χ2n) is 4.61. The van der Waals surface area contributed by atoms with Crippen LogP contribution in [0.5, 0.6) is 0 Å². The van der Waals surface area contributed by atoms with Gasteiger partial charge in [0.25, 0.3) is 0 Å². The van der Waals surface area contributed by atoms with Crippen molar-refractivity contribution in [3.05, 3.63) is 64.1 Å². The van der Waals surface area contributed by atoms with E-state index in [4.69, 9.17) is 10.5 Å². The topological polar surface area (TPSA) is 93.8 Å². The predicted octanol–water partition coefficient (Wildman–Crippen LogP) is 3.28. The third kappa shape index (κ3) is 4.03. The van der Waals surface area contributed by atoms with Crippen molar-refractivity contribution >= 4 is 33.3 Å². The van der Waals surface area contributed by atoms with Crippen molar-refractivity contribution < 1.29 is 9.59 Å². The number of halogens is 1. The number of ketones is 1. The van der Waals surface area contributed by atoms with Gasteiger partial charge in [-0.15, -0.1) is 0 Å². The Hall–Kier alpha value is -2.96. The van der Waals surface area contributed by atoms with Crippen LogP contribution in [0, 0.1) is 28.6 Å². The summed E-state index contributed by atoms with van der Waals surface area (Å²) >= 11 is 3.26. The molecule has 1 amide bonds. The van der Waals surface area contributed by atoms with E-state index < -0.39 is 17.6 Å². The first-order chi connectivity index (χ1) is 11.0. The molecule has 1 N–H and O–H groups in total. The van der Waals surface area contributed by atoms with E-state index in [-0.39, 0.29) is 5.56 Å². The number of amides is 1. The molecule has 0 bridgehead atoms. The van der Waals surface area contributed by atoms with Crippen LogP contribution >= 0.6 is 15.9 Å². The average molecular weight is 368 g/mol. The summed E-state index contributed by atoms with van der Waals surface area (Å²) in [6.45, 7) is 0. The van der Waals surface area contributed by atoms with Crippen LogP contribution in [0.4, 0.5) is 5.69 Å². The fourth-order valence-electron chi connectivity index (χ4n) is 1.86. The number of benzene rings is 2. The van der Waals surface area contributed by atoms with Crippen molar-refractivity contribution in [2.45, 2.75) is 0 Å². The average Bonchev–Trinajstić information content (AvgIpc) is 2.56. The Kier molecular flexibility index (Phi) is 5.24. The maximum Gasteiger partial charge on any atom is 0.249 e. The number of nitrogens with zero attached hydrogens (tertiary/aromatic N) is 2. The Morgan fingerprint density at radius 3 is 2.13 bits per heavy atom. The molecule has 0 heterocycles. The van der Waals surface area contributed by atoms with Crippen molar-refractivity contribution in [3.8, 4) is 12.1 Å². The second-order valence-corrected chi connectivity index (χ2v) is 5.53. The van der Waals surface area contributed by atoms with Gasteiger partial charge in [0.2, 0.25) is 5.91 Å². The first kappa shape index (κ1) is 16.4. The minimum atomic E-state index is -1.44. The van der Waals surface area contributed by atoms with E-state index in [0.717, 1.165) is 4.47 Å². The van der Waals surface area contributed by atoms with Gasteiger partial charge in [-0.2, -0.15) is 10.5 Å². The maximum absolute atomic E-state index is 12.3. The number of anilines is 1. The Labute approximate surface area is 141 Å². The SMILES string of the molecule is N#Cc1ccc(NC(=O)C(C#N)C(=O)c2ccc(Br)cc2)cc1. The van der Waals surface area contributed by atoms with Crippen LogP contribution < -0.4 is 5.32 Å². The molecule has 2 aromatic rings. The molecular weight excluding hydrogens is 358 g/mol. The number of nitriles is 2. The van der Waals surface area contributed by atoms with Crippen molar-refractivity contribution in [2.75, 3.05) is 5.32 Å². The molecule has 5 nitrogen and oxygen atoms in total. The summed E-state index contributed by atoms with van der Waals surface area (Å²) in [4.78, 5) is 24.4. The van der Waals surface area contributed by atoms with E-state index in [1.165, 1.54) is 24.3 Å². The largest absolute Gasteiger partial charge is 0.325 e. The lowest BCUT2D eigenvalue weighted by molar-refractivity contribution is -0.117. The zero-order valence-corrected chi connectivity index (χ0v) is 13.4. The van der Waals surface area contributed by atoms with Crippen molar-refractivity contribution in [1.29, 1.82) is 10.5 Å². The molecule has 1 unspecified atom stereocenters. The summed E-state index contributed by atoms with van der Waals surface area (Å²) in [6, 6.07) is 16.3. The molecular formula is C17H10BrN3O2. The lowest BCUT2D eigenvalue weighted by Crippen LogP contribution is -2.28. The van der Waals surface area contributed by atoms with E-state index >= 15 is 0 Å². The molecule has 0 aromatic heterocycles. The molecule has 0 aliphatic rings. The van der Waals surface area contributed by atoms with Gasteiger partial charge in [-0.1, -0.05) is 28.1 Å². The van der Waals surface area contributed by atoms with E-state index in [1.807, 2.05) is 6.07 Å². The van der Waals surface area contributed by atoms with Crippen LogP contribution in [0.25, 0.3) is 0 Å². The van der Waals surface area contributed by atoms with Crippen LogP contribution in [0.15, 0.2) is 53.0 Å². The number of carbonyl (C=O) groups excluding carboxylic acids is 2. The van der Waals surface area contributed by atoms with E-state index in [1.54, 1.807) is 30.3 Å². The Balaban J connectivity index is 2.14. The van der Waals surface area contributed by atoms with Crippen LogP contribution in [-0.2, 0) is 4.79 Å². The van der Waals surface area contributed by atoms with Gasteiger partial charge in [0.05, 0.1) is 17.7 Å². The Bertz CT molecular complexity index is 815. The molecule has 0 aliphatic heterocycles. The number of hydrogen-bond donors (Lipinski definition) is 1. The number of carbonyl (C=O) groups is 2. The molecule has 6 heteroatoms. The summed E-state index contributed by atoms with van der Waals surface area (Å²) in [6.07, 6.45) is 0. The lowest BCUT2D eigenvalue weighted by atomic mass is 9.98. The molecule has 0 spiro atoms. The first-order valence-electron chi connectivity index (χ1n) is 6.55. The number of Topliss-reactive ketones (excluding diaryl/α,β-unsaturated/α-hetero) is 1. The maximum atomic E-state index is 12.3. The van der Waals surface area contributed by atoms with Crippen LogP contribution in [0.3, 0.4) is 0 Å². The molecule has 0 fully saturated rings. The van der Waals surface area contributed by atoms with Gasteiger partial charge in [0.15, 0.2) is 11.7 Å². The molecule has 0 aliphatic carbocycles. The Morgan fingerprint density at radius 2 is 1.61 bits per heavy atom. The van der Waals surface area contributed by atoms with Gasteiger partial charge >= 0.3 is 0 Å². The van der Waals surface area contributed by atoms with E-state index in [9.17, 15) is 9.59 Å². The third-order valence-electron chi connectivity index (χ3n) is 3.06. The standard InChI is InChI=1S/C17H10BrN3O2/c18-13-5-3-12(4-6-13)16(22)15(10-20)17(23)21-14-7-1-11(9-19)2-8-14/h1-8,15H,(H,21,23). The molecule has 0 saturated heterocycles. The van der Waals surface area contributed by atoms with E-state index in [0.29, 0.717) is 11.3 Å². The summed E-state index contributed by atoms with van der Waals surface area (Å²) < 4.78 is 0.796. The normalized spacial score (nSPS) is 10.9. The van der Waals surface area contributed by atoms with Crippen LogP contribution in [0.1, 0.15) is 15.9 Å². The zero-order valence-electron chi connectivity index (χ0n) is 11.8. The van der Waals surface area contributed by atoms with Gasteiger partial charge in [-0.05, 0) is 36.4 Å². The highest BCUT2D eigenvalue weighted by atomic mass is 79.9. The minimum absolute atomic E-state index is 0.287. The summed E-state index contributed by atoms with van der Waals surface area (Å²) in [5, 5.41) is 20.4. The molecule has 112 valence electrons. The highest BCUT2D eigenvalue weighted by molar-refractivity contribution is 9.10. The minimum Gasteiger partial charge on any atom is -0.325 e. The molecule has 1 atom stereocenters. The van der Waals surface area contributed by atoms with Crippen molar-refractivity contribution in [2.24, 2.45) is 5.92 Å². The van der Waals surface area contributed by atoms with Gasteiger partial charge in [0, 0.05) is 15.7 Å². The number of nitrogens with one attached hydrogen (secondary N) is 1. The highest BCUT2D eigenvalue weighted by Crippen LogP contribution is 2.16. The summed E-state index contributed by atoms with van der Waals surface area (Å²) in [5.74, 6) is -2.71. The smallest absolute Gasteiger partial charge is 0.249 e. The third-order valence-corrected chi connectivity index (χ3v) is 3.59. The number of hydrogen-bond acceptors (Lipinski definition) is 4. The molecule has 2 rings (SSSR count). The molecule has 2 aromatic carbocycles. The summed E-state index contributed by atoms with van der Waals surface area (Å²) in [5.41, 5.74) is 1.15. The molecule has 0 saturated carbocycles. The fourth-order valence-corrected chi connectivity index (χ4v) is 2.12. The quantitative estimate of drug-likeness (QED) is 0.662. The van der Waals surface area contributed by atoms with Crippen LogP contribution in [-0.4, -0.2) is 11.7 Å². The van der Waals surface area contributed by atoms with Gasteiger partial charge in [-0.3, -0.25) is 9.59 Å². The van der Waals surface area contributed by atoms with Crippen LogP contribution in [0.2, 0.25) is 0 Å². The van der Waals surface area contributed by atoms with Gasteiger partial charge in [-0.25, -0.2) is 0 Å². The van der Waals surface area contributed by atoms with Crippen molar-refractivity contribution in [1.82, 2.24) is 0 Å². The Morgan fingerprint density at radius 1 is 1.00 bits per heavy atom. The summed E-state index contributed by atoms with van der Waals surface area (Å²) in [7, 11) is 0. The molecule has 0 radical (unpaired) electrons. The van der Waals surface area contributed by atoms with Crippen molar-refractivity contribution in [3.63, 3.8) is 0 Å².